The Morgan fingerprint density at radius 2 is 1.38 bits per heavy atom. The normalized spacial score (nSPS) is 15.6. The molecule has 1 saturated heterocycles. The minimum atomic E-state index is -0.558. The molecule has 0 aromatic rings. The second kappa shape index (κ2) is 10.8. The van der Waals surface area contributed by atoms with Gasteiger partial charge in [0, 0.05) is 52.5 Å². The molecule has 1 atom stereocenters. The first-order chi connectivity index (χ1) is 12.2. The molecule has 0 saturated carbocycles. The van der Waals surface area contributed by atoms with Crippen molar-refractivity contribution in [1.29, 1.82) is 0 Å². The molecule has 0 bridgehead atoms. The van der Waals surface area contributed by atoms with Crippen molar-refractivity contribution in [3.8, 4) is 0 Å². The minimum absolute atomic E-state index is 0.0482. The third-order valence-corrected chi connectivity index (χ3v) is 4.37. The molecular formula is C18H32N4O4. The molecule has 0 spiro atoms. The molecule has 1 aliphatic heterocycles. The summed E-state index contributed by atoms with van der Waals surface area (Å²) in [6.07, 6.45) is 2.01. The first-order valence-corrected chi connectivity index (χ1v) is 9.31. The van der Waals surface area contributed by atoms with Crippen LogP contribution in [0.2, 0.25) is 0 Å². The van der Waals surface area contributed by atoms with E-state index in [0.717, 1.165) is 12.8 Å². The standard InChI is InChI=1S/C18H32N4O4/c1-13(2)17(25)21-9-11-22(12-10-21)18(26)16(20-15(4)24)7-5-6-8-19-14(3)23/h13,16H,5-12H2,1-4H3,(H,19,23)(H,20,24). The molecule has 0 radical (unpaired) electrons. The molecule has 1 heterocycles. The van der Waals surface area contributed by atoms with E-state index in [-0.39, 0.29) is 29.5 Å². The summed E-state index contributed by atoms with van der Waals surface area (Å²) in [4.78, 5) is 50.6. The highest BCUT2D eigenvalue weighted by Gasteiger charge is 2.29. The van der Waals surface area contributed by atoms with Crippen LogP contribution in [0.25, 0.3) is 0 Å². The monoisotopic (exact) mass is 368 g/mol. The van der Waals surface area contributed by atoms with Crippen molar-refractivity contribution in [1.82, 2.24) is 20.4 Å². The zero-order chi connectivity index (χ0) is 19.7. The molecule has 8 heteroatoms. The van der Waals surface area contributed by atoms with Gasteiger partial charge in [0.05, 0.1) is 0 Å². The molecule has 1 aliphatic rings. The van der Waals surface area contributed by atoms with Crippen molar-refractivity contribution in [2.45, 2.75) is 53.0 Å². The lowest BCUT2D eigenvalue weighted by molar-refractivity contribution is -0.143. The fourth-order valence-corrected chi connectivity index (χ4v) is 2.97. The Morgan fingerprint density at radius 1 is 0.846 bits per heavy atom. The van der Waals surface area contributed by atoms with Gasteiger partial charge < -0.3 is 20.4 Å². The van der Waals surface area contributed by atoms with Crippen LogP contribution in [0.1, 0.15) is 47.0 Å². The summed E-state index contributed by atoms with van der Waals surface area (Å²) in [7, 11) is 0. The molecule has 0 aliphatic carbocycles. The van der Waals surface area contributed by atoms with Crippen molar-refractivity contribution < 1.29 is 19.2 Å². The van der Waals surface area contributed by atoms with E-state index >= 15 is 0 Å². The molecule has 148 valence electrons. The fraction of sp³-hybridized carbons (Fsp3) is 0.778. The second-order valence-corrected chi connectivity index (χ2v) is 7.04. The molecule has 1 unspecified atom stereocenters. The van der Waals surface area contributed by atoms with E-state index < -0.39 is 6.04 Å². The average Bonchev–Trinajstić information content (AvgIpc) is 2.58. The number of nitrogens with zero attached hydrogens (tertiary/aromatic N) is 2. The lowest BCUT2D eigenvalue weighted by Crippen LogP contribution is -2.56. The zero-order valence-corrected chi connectivity index (χ0v) is 16.3. The Morgan fingerprint density at radius 3 is 1.85 bits per heavy atom. The van der Waals surface area contributed by atoms with Crippen LogP contribution in [0.5, 0.6) is 0 Å². The van der Waals surface area contributed by atoms with E-state index in [0.29, 0.717) is 39.1 Å². The van der Waals surface area contributed by atoms with E-state index in [1.807, 2.05) is 13.8 Å². The molecule has 8 nitrogen and oxygen atoms in total. The number of carbonyl (C=O) groups excluding carboxylic acids is 4. The molecule has 2 N–H and O–H groups in total. The van der Waals surface area contributed by atoms with E-state index in [9.17, 15) is 19.2 Å². The summed E-state index contributed by atoms with van der Waals surface area (Å²) in [6, 6.07) is -0.558. The zero-order valence-electron chi connectivity index (χ0n) is 16.3. The largest absolute Gasteiger partial charge is 0.356 e. The molecule has 0 aromatic carbocycles. The maximum absolute atomic E-state index is 12.8. The number of rotatable bonds is 8. The molecule has 1 rings (SSSR count). The highest BCUT2D eigenvalue weighted by Crippen LogP contribution is 2.11. The summed E-state index contributed by atoms with van der Waals surface area (Å²) < 4.78 is 0. The van der Waals surface area contributed by atoms with Gasteiger partial charge in [0.25, 0.3) is 0 Å². The molecule has 1 fully saturated rings. The smallest absolute Gasteiger partial charge is 0.245 e. The molecule has 26 heavy (non-hydrogen) atoms. The number of unbranched alkanes of at least 4 members (excludes halogenated alkanes) is 1. The molecular weight excluding hydrogens is 336 g/mol. The number of amides is 4. The number of nitrogens with one attached hydrogen (secondary N) is 2. The van der Waals surface area contributed by atoms with Crippen LogP contribution >= 0.6 is 0 Å². The second-order valence-electron chi connectivity index (χ2n) is 7.04. The first kappa shape index (κ1) is 21.9. The van der Waals surface area contributed by atoms with Crippen molar-refractivity contribution >= 4 is 23.6 Å². The number of hydrogen-bond donors (Lipinski definition) is 2. The van der Waals surface area contributed by atoms with Crippen molar-refractivity contribution in [2.75, 3.05) is 32.7 Å². The van der Waals surface area contributed by atoms with Crippen LogP contribution < -0.4 is 10.6 Å². The number of hydrogen-bond acceptors (Lipinski definition) is 4. The Hall–Kier alpha value is -2.12. The van der Waals surface area contributed by atoms with Gasteiger partial charge in [0.1, 0.15) is 6.04 Å². The Balaban J connectivity index is 2.51. The molecule has 0 aromatic heterocycles. The van der Waals surface area contributed by atoms with Crippen molar-refractivity contribution in [3.63, 3.8) is 0 Å². The maximum Gasteiger partial charge on any atom is 0.245 e. The predicted molar refractivity (Wildman–Crippen MR) is 98.1 cm³/mol. The number of carbonyl (C=O) groups is 4. The fourth-order valence-electron chi connectivity index (χ4n) is 2.97. The first-order valence-electron chi connectivity index (χ1n) is 9.31. The Bertz CT molecular complexity index is 513. The highest BCUT2D eigenvalue weighted by atomic mass is 16.2. The average molecular weight is 368 g/mol. The molecule has 4 amide bonds. The van der Waals surface area contributed by atoms with Gasteiger partial charge in [-0.3, -0.25) is 19.2 Å². The van der Waals surface area contributed by atoms with Gasteiger partial charge in [0.15, 0.2) is 0 Å². The quantitative estimate of drug-likeness (QED) is 0.595. The van der Waals surface area contributed by atoms with Crippen LogP contribution in [0.15, 0.2) is 0 Å². The van der Waals surface area contributed by atoms with Crippen LogP contribution in [0, 0.1) is 5.92 Å². The van der Waals surface area contributed by atoms with Crippen LogP contribution in [0.3, 0.4) is 0 Å². The van der Waals surface area contributed by atoms with Gasteiger partial charge in [-0.1, -0.05) is 13.8 Å². The third-order valence-electron chi connectivity index (χ3n) is 4.37. The van der Waals surface area contributed by atoms with E-state index in [4.69, 9.17) is 0 Å². The van der Waals surface area contributed by atoms with E-state index in [1.54, 1.807) is 9.80 Å². The Kier molecular flexibility index (Phi) is 9.09. The lowest BCUT2D eigenvalue weighted by Gasteiger charge is -2.37. The third kappa shape index (κ3) is 7.41. The predicted octanol–water partition coefficient (Wildman–Crippen LogP) is 0.124. The van der Waals surface area contributed by atoms with Crippen molar-refractivity contribution in [3.05, 3.63) is 0 Å². The lowest BCUT2D eigenvalue weighted by atomic mass is 10.1. The van der Waals surface area contributed by atoms with Gasteiger partial charge in [-0.25, -0.2) is 0 Å². The summed E-state index contributed by atoms with van der Waals surface area (Å²) in [5, 5.41) is 5.45. The topological polar surface area (TPSA) is 98.8 Å². The SMILES string of the molecule is CC(=O)NCCCCC(NC(C)=O)C(=O)N1CCN(C(=O)C(C)C)CC1. The summed E-state index contributed by atoms with van der Waals surface area (Å²) >= 11 is 0. The van der Waals surface area contributed by atoms with Crippen molar-refractivity contribution in [2.24, 2.45) is 5.92 Å². The minimum Gasteiger partial charge on any atom is -0.356 e. The van der Waals surface area contributed by atoms with Gasteiger partial charge in [-0.15, -0.1) is 0 Å². The van der Waals surface area contributed by atoms with Gasteiger partial charge >= 0.3 is 0 Å². The maximum atomic E-state index is 12.8. The summed E-state index contributed by atoms with van der Waals surface area (Å²) in [5.74, 6) is -0.356. The summed E-state index contributed by atoms with van der Waals surface area (Å²) in [5.41, 5.74) is 0. The van der Waals surface area contributed by atoms with Crippen LogP contribution in [-0.4, -0.2) is 72.2 Å². The summed E-state index contributed by atoms with van der Waals surface area (Å²) in [6.45, 7) is 9.19. The van der Waals surface area contributed by atoms with Crippen LogP contribution in [0.4, 0.5) is 0 Å². The van der Waals surface area contributed by atoms with E-state index in [2.05, 4.69) is 10.6 Å². The number of piperazine rings is 1. The highest BCUT2D eigenvalue weighted by molar-refractivity contribution is 5.87. The Labute approximate surface area is 155 Å². The van der Waals surface area contributed by atoms with Crippen LogP contribution in [-0.2, 0) is 19.2 Å². The van der Waals surface area contributed by atoms with Gasteiger partial charge in [0.2, 0.25) is 23.6 Å². The van der Waals surface area contributed by atoms with Gasteiger partial charge in [-0.05, 0) is 19.3 Å². The van der Waals surface area contributed by atoms with E-state index in [1.165, 1.54) is 13.8 Å². The van der Waals surface area contributed by atoms with Gasteiger partial charge in [-0.2, -0.15) is 0 Å².